The molecule has 0 aliphatic carbocycles. The highest BCUT2D eigenvalue weighted by atomic mass is 16.5. The van der Waals surface area contributed by atoms with E-state index in [1.165, 1.54) is 5.69 Å². The molecule has 1 aliphatic rings. The maximum Gasteiger partial charge on any atom is 0.120 e. The third kappa shape index (κ3) is 2.30. The minimum absolute atomic E-state index is 0.531. The summed E-state index contributed by atoms with van der Waals surface area (Å²) in [4.78, 5) is 2.43. The van der Waals surface area contributed by atoms with Crippen molar-refractivity contribution >= 4 is 5.69 Å². The number of nitrogens with zero attached hydrogens (tertiary/aromatic N) is 1. The van der Waals surface area contributed by atoms with Gasteiger partial charge in [0, 0.05) is 36.9 Å². The summed E-state index contributed by atoms with van der Waals surface area (Å²) in [6.07, 6.45) is 0. The summed E-state index contributed by atoms with van der Waals surface area (Å²) in [7, 11) is 1.71. The highest BCUT2D eigenvalue weighted by Crippen LogP contribution is 2.24. The molecule has 0 bridgehead atoms. The Morgan fingerprint density at radius 1 is 1.38 bits per heavy atom. The topological polar surface area (TPSA) is 24.5 Å². The Labute approximate surface area is 97.4 Å². The number of rotatable bonds is 2. The molecular weight excluding hydrogens is 200 g/mol. The molecule has 0 saturated carbocycles. The van der Waals surface area contributed by atoms with E-state index in [1.54, 1.807) is 7.11 Å². The molecule has 3 nitrogen and oxygen atoms in total. The van der Waals surface area contributed by atoms with Gasteiger partial charge in [-0.05, 0) is 26.0 Å². The first-order chi connectivity index (χ1) is 7.70. The first-order valence-corrected chi connectivity index (χ1v) is 5.85. The Balaban J connectivity index is 2.20. The van der Waals surface area contributed by atoms with Crippen molar-refractivity contribution in [3.8, 4) is 5.75 Å². The molecule has 1 aliphatic heterocycles. The molecule has 2 unspecified atom stereocenters. The van der Waals surface area contributed by atoms with Gasteiger partial charge >= 0.3 is 0 Å². The van der Waals surface area contributed by atoms with Crippen LogP contribution in [0, 0.1) is 0 Å². The summed E-state index contributed by atoms with van der Waals surface area (Å²) in [5.41, 5.74) is 1.25. The zero-order chi connectivity index (χ0) is 11.5. The van der Waals surface area contributed by atoms with E-state index in [4.69, 9.17) is 4.74 Å². The summed E-state index contributed by atoms with van der Waals surface area (Å²) < 4.78 is 5.27. The lowest BCUT2D eigenvalue weighted by Gasteiger charge is -2.39. The summed E-state index contributed by atoms with van der Waals surface area (Å²) in [5.74, 6) is 0.927. The van der Waals surface area contributed by atoms with Crippen LogP contribution in [0.1, 0.15) is 13.8 Å². The Morgan fingerprint density at radius 3 is 2.94 bits per heavy atom. The molecule has 0 spiro atoms. The van der Waals surface area contributed by atoms with Gasteiger partial charge in [-0.1, -0.05) is 6.07 Å². The number of nitrogens with one attached hydrogen (secondary N) is 1. The first kappa shape index (κ1) is 11.3. The fraction of sp³-hybridized carbons (Fsp3) is 0.538. The van der Waals surface area contributed by atoms with Gasteiger partial charge in [0.05, 0.1) is 7.11 Å². The molecule has 88 valence electrons. The second-order valence-electron chi connectivity index (χ2n) is 4.51. The van der Waals surface area contributed by atoms with Gasteiger partial charge in [0.15, 0.2) is 0 Å². The van der Waals surface area contributed by atoms with Crippen LogP contribution < -0.4 is 15.0 Å². The molecule has 2 atom stereocenters. The van der Waals surface area contributed by atoms with Gasteiger partial charge in [-0.3, -0.25) is 0 Å². The largest absolute Gasteiger partial charge is 0.497 e. The van der Waals surface area contributed by atoms with Crippen LogP contribution in [0.3, 0.4) is 0 Å². The molecule has 1 aromatic rings. The molecule has 0 amide bonds. The lowest BCUT2D eigenvalue weighted by Crippen LogP contribution is -2.54. The second kappa shape index (κ2) is 4.74. The lowest BCUT2D eigenvalue weighted by atomic mass is 10.1. The summed E-state index contributed by atoms with van der Waals surface area (Å²) >= 11 is 0. The standard InChI is InChI=1S/C13H20N2O/c1-10-9-15(11(2)8-14-10)12-5-4-6-13(7-12)16-3/h4-7,10-11,14H,8-9H2,1-3H3. The van der Waals surface area contributed by atoms with E-state index in [9.17, 15) is 0 Å². The van der Waals surface area contributed by atoms with Crippen LogP contribution in [0.5, 0.6) is 5.75 Å². The van der Waals surface area contributed by atoms with Crippen molar-refractivity contribution in [3.63, 3.8) is 0 Å². The van der Waals surface area contributed by atoms with Gasteiger partial charge in [-0.15, -0.1) is 0 Å². The smallest absolute Gasteiger partial charge is 0.120 e. The number of piperazine rings is 1. The summed E-state index contributed by atoms with van der Waals surface area (Å²) in [5, 5.41) is 3.49. The minimum Gasteiger partial charge on any atom is -0.497 e. The fourth-order valence-corrected chi connectivity index (χ4v) is 2.17. The number of benzene rings is 1. The molecule has 1 saturated heterocycles. The maximum absolute atomic E-state index is 5.27. The van der Waals surface area contributed by atoms with E-state index in [0.717, 1.165) is 18.8 Å². The van der Waals surface area contributed by atoms with Gasteiger partial charge in [0.2, 0.25) is 0 Å². The van der Waals surface area contributed by atoms with Crippen LogP contribution in [0.15, 0.2) is 24.3 Å². The van der Waals surface area contributed by atoms with Crippen LogP contribution in [0.4, 0.5) is 5.69 Å². The Kier molecular flexibility index (Phi) is 3.34. The molecule has 0 aromatic heterocycles. The van der Waals surface area contributed by atoms with E-state index in [1.807, 2.05) is 12.1 Å². The normalized spacial score (nSPS) is 25.6. The highest BCUT2D eigenvalue weighted by Gasteiger charge is 2.22. The Bertz CT molecular complexity index is 354. The fourth-order valence-electron chi connectivity index (χ4n) is 2.17. The average Bonchev–Trinajstić information content (AvgIpc) is 2.32. The lowest BCUT2D eigenvalue weighted by molar-refractivity contribution is 0.410. The molecule has 1 heterocycles. The van der Waals surface area contributed by atoms with Crippen molar-refractivity contribution < 1.29 is 4.74 Å². The van der Waals surface area contributed by atoms with E-state index in [2.05, 4.69) is 36.2 Å². The van der Waals surface area contributed by atoms with Crippen LogP contribution in [0.25, 0.3) is 0 Å². The number of hydrogen-bond acceptors (Lipinski definition) is 3. The van der Waals surface area contributed by atoms with Crippen molar-refractivity contribution in [3.05, 3.63) is 24.3 Å². The predicted molar refractivity (Wildman–Crippen MR) is 67.3 cm³/mol. The highest BCUT2D eigenvalue weighted by molar-refractivity contribution is 5.52. The minimum atomic E-state index is 0.531. The number of methoxy groups -OCH3 is 1. The molecule has 1 N–H and O–H groups in total. The quantitative estimate of drug-likeness (QED) is 0.823. The van der Waals surface area contributed by atoms with E-state index >= 15 is 0 Å². The van der Waals surface area contributed by atoms with Crippen molar-refractivity contribution in [1.82, 2.24) is 5.32 Å². The number of anilines is 1. The van der Waals surface area contributed by atoms with Crippen LogP contribution in [0.2, 0.25) is 0 Å². The third-order valence-electron chi connectivity index (χ3n) is 3.15. The van der Waals surface area contributed by atoms with Crippen molar-refractivity contribution in [2.24, 2.45) is 0 Å². The van der Waals surface area contributed by atoms with Crippen molar-refractivity contribution in [2.75, 3.05) is 25.1 Å². The monoisotopic (exact) mass is 220 g/mol. The van der Waals surface area contributed by atoms with Crippen LogP contribution >= 0.6 is 0 Å². The van der Waals surface area contributed by atoms with Gasteiger partial charge < -0.3 is 15.0 Å². The molecule has 1 fully saturated rings. The zero-order valence-corrected chi connectivity index (χ0v) is 10.2. The molecule has 16 heavy (non-hydrogen) atoms. The van der Waals surface area contributed by atoms with Crippen LogP contribution in [-0.2, 0) is 0 Å². The number of ether oxygens (including phenoxy) is 1. The molecule has 2 rings (SSSR count). The molecular formula is C13H20N2O. The van der Waals surface area contributed by atoms with Crippen LogP contribution in [-0.4, -0.2) is 32.3 Å². The van der Waals surface area contributed by atoms with Gasteiger partial charge in [-0.25, -0.2) is 0 Å². The van der Waals surface area contributed by atoms with Gasteiger partial charge in [0.1, 0.15) is 5.75 Å². The predicted octanol–water partition coefficient (Wildman–Crippen LogP) is 1.88. The summed E-state index contributed by atoms with van der Waals surface area (Å²) in [6.45, 7) is 6.56. The van der Waals surface area contributed by atoms with Gasteiger partial charge in [0.25, 0.3) is 0 Å². The summed E-state index contributed by atoms with van der Waals surface area (Å²) in [6, 6.07) is 9.37. The van der Waals surface area contributed by atoms with E-state index in [0.29, 0.717) is 12.1 Å². The van der Waals surface area contributed by atoms with E-state index in [-0.39, 0.29) is 0 Å². The second-order valence-corrected chi connectivity index (χ2v) is 4.51. The molecule has 0 radical (unpaired) electrons. The zero-order valence-electron chi connectivity index (χ0n) is 10.2. The Hall–Kier alpha value is -1.22. The SMILES string of the molecule is COc1cccc(N2CC(C)NCC2C)c1. The van der Waals surface area contributed by atoms with Crippen molar-refractivity contribution in [2.45, 2.75) is 25.9 Å². The average molecular weight is 220 g/mol. The number of hydrogen-bond donors (Lipinski definition) is 1. The molecule has 1 aromatic carbocycles. The van der Waals surface area contributed by atoms with E-state index < -0.39 is 0 Å². The third-order valence-corrected chi connectivity index (χ3v) is 3.15. The molecule has 3 heteroatoms. The maximum atomic E-state index is 5.27. The Morgan fingerprint density at radius 2 is 2.19 bits per heavy atom. The first-order valence-electron chi connectivity index (χ1n) is 5.85. The van der Waals surface area contributed by atoms with Gasteiger partial charge in [-0.2, -0.15) is 0 Å². The van der Waals surface area contributed by atoms with Crippen molar-refractivity contribution in [1.29, 1.82) is 0 Å².